The molecule has 0 saturated heterocycles. The van der Waals surface area contributed by atoms with Gasteiger partial charge in [0.1, 0.15) is 18.3 Å². The lowest BCUT2D eigenvalue weighted by atomic mass is 10.1. The lowest BCUT2D eigenvalue weighted by molar-refractivity contribution is -0.139. The Morgan fingerprint density at radius 1 is 0.976 bits per heavy atom. The summed E-state index contributed by atoms with van der Waals surface area (Å²) in [4.78, 5) is 29.6. The van der Waals surface area contributed by atoms with Gasteiger partial charge in [-0.15, -0.1) is 11.8 Å². The minimum absolute atomic E-state index is 0.0210. The summed E-state index contributed by atoms with van der Waals surface area (Å²) < 4.78 is 34.6. The van der Waals surface area contributed by atoms with Crippen molar-refractivity contribution in [1.82, 2.24) is 10.2 Å². The summed E-state index contributed by atoms with van der Waals surface area (Å²) in [5.41, 5.74) is 0.925. The maximum Gasteiger partial charge on any atom is 0.264 e. The molecule has 42 heavy (non-hydrogen) atoms. The van der Waals surface area contributed by atoms with E-state index in [-0.39, 0.29) is 29.1 Å². The van der Waals surface area contributed by atoms with Crippen molar-refractivity contribution in [3.63, 3.8) is 0 Å². The Hall–Kier alpha value is -3.21. The first-order chi connectivity index (χ1) is 20.0. The average molecular weight is 632 g/mol. The molecule has 0 spiro atoms. The number of ether oxygens (including phenoxy) is 1. The second-order valence-corrected chi connectivity index (χ2v) is 12.9. The van der Waals surface area contributed by atoms with Gasteiger partial charge in [0.15, 0.2) is 0 Å². The van der Waals surface area contributed by atoms with Crippen molar-refractivity contribution in [2.45, 2.75) is 62.5 Å². The molecule has 2 amide bonds. The molecule has 0 saturated carbocycles. The molecule has 2 atom stereocenters. The number of sulfonamides is 1. The average Bonchev–Trinajstić information content (AvgIpc) is 2.99. The molecule has 0 aliphatic heterocycles. The van der Waals surface area contributed by atoms with Crippen molar-refractivity contribution in [1.29, 1.82) is 0 Å². The van der Waals surface area contributed by atoms with Crippen LogP contribution in [0.15, 0.2) is 82.6 Å². The number of hydrogen-bond acceptors (Lipinski definition) is 6. The molecular formula is C31H38ClN3O5S2. The maximum absolute atomic E-state index is 14.1. The second kappa shape index (κ2) is 15.3. The van der Waals surface area contributed by atoms with Gasteiger partial charge in [-0.05, 0) is 93.6 Å². The van der Waals surface area contributed by atoms with Crippen molar-refractivity contribution in [3.05, 3.63) is 83.4 Å². The van der Waals surface area contributed by atoms with Crippen molar-refractivity contribution >= 4 is 50.9 Å². The quantitative estimate of drug-likeness (QED) is 0.220. The van der Waals surface area contributed by atoms with E-state index in [1.54, 1.807) is 67.6 Å². The SMILES string of the molecule is CCOc1ccc(N(CC(=O)N(Cc2ccccc2Cl)C(C)C(=O)NC(C)CC)S(=O)(=O)c2ccc(SC)cc2)cc1. The summed E-state index contributed by atoms with van der Waals surface area (Å²) >= 11 is 7.92. The zero-order valence-electron chi connectivity index (χ0n) is 24.5. The molecular weight excluding hydrogens is 594 g/mol. The number of halogens is 1. The highest BCUT2D eigenvalue weighted by atomic mass is 35.5. The Labute approximate surface area is 258 Å². The minimum atomic E-state index is -4.17. The fraction of sp³-hybridized carbons (Fsp3) is 0.355. The van der Waals surface area contributed by atoms with Crippen molar-refractivity contribution in [2.75, 3.05) is 23.7 Å². The lowest BCUT2D eigenvalue weighted by Gasteiger charge is -2.32. The third-order valence-corrected chi connectivity index (χ3v) is 9.73. The Balaban J connectivity index is 2.04. The fourth-order valence-electron chi connectivity index (χ4n) is 4.14. The van der Waals surface area contributed by atoms with Gasteiger partial charge in [-0.3, -0.25) is 13.9 Å². The van der Waals surface area contributed by atoms with Gasteiger partial charge >= 0.3 is 0 Å². The van der Waals surface area contributed by atoms with Gasteiger partial charge in [0.25, 0.3) is 10.0 Å². The van der Waals surface area contributed by atoms with E-state index in [4.69, 9.17) is 16.3 Å². The topological polar surface area (TPSA) is 96.0 Å². The van der Waals surface area contributed by atoms with Gasteiger partial charge in [-0.2, -0.15) is 0 Å². The highest BCUT2D eigenvalue weighted by Crippen LogP contribution is 2.28. The summed E-state index contributed by atoms with van der Waals surface area (Å²) in [7, 11) is -4.17. The zero-order valence-corrected chi connectivity index (χ0v) is 26.9. The first-order valence-electron chi connectivity index (χ1n) is 13.7. The Morgan fingerprint density at radius 3 is 2.19 bits per heavy atom. The summed E-state index contributed by atoms with van der Waals surface area (Å²) in [5, 5.41) is 3.36. The van der Waals surface area contributed by atoms with Crippen LogP contribution in [0.2, 0.25) is 5.02 Å². The largest absolute Gasteiger partial charge is 0.494 e. The van der Waals surface area contributed by atoms with E-state index in [1.807, 2.05) is 27.0 Å². The van der Waals surface area contributed by atoms with Gasteiger partial charge in [0.2, 0.25) is 11.8 Å². The maximum atomic E-state index is 14.1. The number of hydrogen-bond donors (Lipinski definition) is 1. The predicted octanol–water partition coefficient (Wildman–Crippen LogP) is 5.99. The second-order valence-electron chi connectivity index (χ2n) is 9.72. The molecule has 226 valence electrons. The van der Waals surface area contributed by atoms with Crippen LogP contribution >= 0.6 is 23.4 Å². The molecule has 0 bridgehead atoms. The number of benzene rings is 3. The number of thioether (sulfide) groups is 1. The van der Waals surface area contributed by atoms with Crippen LogP contribution in [0.1, 0.15) is 39.7 Å². The molecule has 2 unspecified atom stereocenters. The van der Waals surface area contributed by atoms with Gasteiger partial charge in [0, 0.05) is 22.5 Å². The third-order valence-electron chi connectivity index (χ3n) is 6.83. The van der Waals surface area contributed by atoms with Crippen LogP contribution in [0.25, 0.3) is 0 Å². The summed E-state index contributed by atoms with van der Waals surface area (Å²) in [6, 6.07) is 19.1. The molecule has 0 aromatic heterocycles. The lowest BCUT2D eigenvalue weighted by Crippen LogP contribution is -2.52. The van der Waals surface area contributed by atoms with Gasteiger partial charge in [-0.25, -0.2) is 8.42 Å². The summed E-state index contributed by atoms with van der Waals surface area (Å²) in [6.07, 6.45) is 2.62. The molecule has 0 radical (unpaired) electrons. The molecule has 0 fully saturated rings. The van der Waals surface area contributed by atoms with E-state index in [2.05, 4.69) is 5.32 Å². The Bertz CT molecular complexity index is 1450. The van der Waals surface area contributed by atoms with Crippen LogP contribution in [0, 0.1) is 0 Å². The van der Waals surface area contributed by atoms with Crippen LogP contribution in [0.4, 0.5) is 5.69 Å². The van der Waals surface area contributed by atoms with E-state index in [0.29, 0.717) is 22.9 Å². The number of anilines is 1. The number of nitrogens with one attached hydrogen (secondary N) is 1. The van der Waals surface area contributed by atoms with Crippen molar-refractivity contribution in [3.8, 4) is 5.75 Å². The van der Waals surface area contributed by atoms with Crippen molar-refractivity contribution in [2.24, 2.45) is 0 Å². The standard InChI is InChI=1S/C31H38ClN3O5S2/c1-6-22(3)33-31(37)23(4)34(20-24-10-8-9-11-29(24)32)30(36)21-35(25-12-14-26(15-13-25)40-7-2)42(38,39)28-18-16-27(41-5)17-19-28/h8-19,22-23H,6-7,20-21H2,1-5H3,(H,33,37). The van der Waals surface area contributed by atoms with Gasteiger partial charge < -0.3 is 15.0 Å². The number of nitrogens with zero attached hydrogens (tertiary/aromatic N) is 2. The van der Waals surface area contributed by atoms with E-state index >= 15 is 0 Å². The molecule has 3 rings (SSSR count). The predicted molar refractivity (Wildman–Crippen MR) is 170 cm³/mol. The first-order valence-corrected chi connectivity index (χ1v) is 16.8. The minimum Gasteiger partial charge on any atom is -0.494 e. The van der Waals surface area contributed by atoms with Crippen LogP contribution in [0.3, 0.4) is 0 Å². The highest BCUT2D eigenvalue weighted by Gasteiger charge is 2.33. The Kier molecular flexibility index (Phi) is 12.1. The van der Waals surface area contributed by atoms with E-state index in [1.165, 1.54) is 28.8 Å². The molecule has 1 N–H and O–H groups in total. The summed E-state index contributed by atoms with van der Waals surface area (Å²) in [6.45, 7) is 7.26. The molecule has 0 aliphatic carbocycles. The summed E-state index contributed by atoms with van der Waals surface area (Å²) in [5.74, 6) is -0.322. The first kappa shape index (κ1) is 33.3. The number of carbonyl (C=O) groups is 2. The van der Waals surface area contributed by atoms with Gasteiger partial charge in [-0.1, -0.05) is 36.7 Å². The van der Waals surface area contributed by atoms with Crippen LogP contribution in [-0.2, 0) is 26.2 Å². The molecule has 0 aliphatic rings. The molecule has 3 aromatic rings. The van der Waals surface area contributed by atoms with E-state index in [0.717, 1.165) is 15.6 Å². The smallest absolute Gasteiger partial charge is 0.264 e. The van der Waals surface area contributed by atoms with Crippen LogP contribution in [-0.4, -0.2) is 56.6 Å². The number of amides is 2. The van der Waals surface area contributed by atoms with Crippen LogP contribution < -0.4 is 14.4 Å². The number of rotatable bonds is 14. The highest BCUT2D eigenvalue weighted by molar-refractivity contribution is 7.98. The molecule has 8 nitrogen and oxygen atoms in total. The van der Waals surface area contributed by atoms with E-state index in [9.17, 15) is 18.0 Å². The zero-order chi connectivity index (χ0) is 30.9. The van der Waals surface area contributed by atoms with E-state index < -0.39 is 28.5 Å². The van der Waals surface area contributed by atoms with Crippen LogP contribution in [0.5, 0.6) is 5.75 Å². The van der Waals surface area contributed by atoms with Crippen molar-refractivity contribution < 1.29 is 22.7 Å². The normalized spacial score (nSPS) is 12.7. The monoisotopic (exact) mass is 631 g/mol. The number of carbonyl (C=O) groups excluding carboxylic acids is 2. The fourth-order valence-corrected chi connectivity index (χ4v) is 6.16. The molecule has 3 aromatic carbocycles. The molecule has 0 heterocycles. The Morgan fingerprint density at radius 2 is 1.62 bits per heavy atom. The molecule has 11 heteroatoms. The van der Waals surface area contributed by atoms with Gasteiger partial charge in [0.05, 0.1) is 17.2 Å². The third kappa shape index (κ3) is 8.42.